The van der Waals surface area contributed by atoms with Gasteiger partial charge in [-0.05, 0) is 49.0 Å². The lowest BCUT2D eigenvalue weighted by Crippen LogP contribution is -2.46. The van der Waals surface area contributed by atoms with E-state index in [2.05, 4.69) is 15.6 Å². The second-order valence-corrected chi connectivity index (χ2v) is 9.18. The smallest absolute Gasteiger partial charge is 0.408 e. The molecule has 0 radical (unpaired) electrons. The Balaban J connectivity index is 1.61. The number of fused-ring (bicyclic) bond motifs is 1. The summed E-state index contributed by atoms with van der Waals surface area (Å²) in [6.45, 7) is 1.96. The summed E-state index contributed by atoms with van der Waals surface area (Å²) >= 11 is 1.64. The van der Waals surface area contributed by atoms with Crippen molar-refractivity contribution < 1.29 is 14.0 Å². The van der Waals surface area contributed by atoms with Gasteiger partial charge in [-0.1, -0.05) is 39.0 Å². The lowest BCUT2D eigenvalue weighted by atomic mass is 9.83. The molecule has 1 aromatic heterocycles. The van der Waals surface area contributed by atoms with Crippen molar-refractivity contribution in [2.45, 2.75) is 57.9 Å². The predicted octanol–water partition coefficient (Wildman–Crippen LogP) is 3.90. The van der Waals surface area contributed by atoms with Gasteiger partial charge < -0.3 is 15.1 Å². The molecule has 2 amide bonds. The molecule has 2 atom stereocenters. The molecule has 1 saturated carbocycles. The van der Waals surface area contributed by atoms with Crippen LogP contribution in [-0.4, -0.2) is 34.8 Å². The molecule has 7 nitrogen and oxygen atoms in total. The largest absolute Gasteiger partial charge is 0.417 e. The van der Waals surface area contributed by atoms with Gasteiger partial charge in [0.25, 0.3) is 0 Å². The molecule has 30 heavy (non-hydrogen) atoms. The van der Waals surface area contributed by atoms with E-state index >= 15 is 0 Å². The van der Waals surface area contributed by atoms with Gasteiger partial charge in [0.05, 0.1) is 5.52 Å². The number of oxazole rings is 1. The second kappa shape index (κ2) is 10.7. The van der Waals surface area contributed by atoms with Crippen LogP contribution in [0.3, 0.4) is 0 Å². The van der Waals surface area contributed by atoms with Gasteiger partial charge in [-0.15, -0.1) is 0 Å². The number of hydrogen-bond donors (Lipinski definition) is 3. The van der Waals surface area contributed by atoms with E-state index in [1.54, 1.807) is 30.0 Å². The van der Waals surface area contributed by atoms with E-state index < -0.39 is 11.8 Å². The fraction of sp³-hybridized carbons (Fsp3) is 0.591. The Kier molecular flexibility index (Phi) is 8.01. The number of aromatic nitrogens is 1. The Hall–Kier alpha value is -2.22. The van der Waals surface area contributed by atoms with Gasteiger partial charge in [-0.2, -0.15) is 11.8 Å². The molecule has 0 saturated heterocycles. The number of benzene rings is 1. The zero-order valence-electron chi connectivity index (χ0n) is 17.7. The van der Waals surface area contributed by atoms with Crippen molar-refractivity contribution in [1.82, 2.24) is 10.3 Å². The average molecular weight is 434 g/mol. The Morgan fingerprint density at radius 2 is 2.00 bits per heavy atom. The van der Waals surface area contributed by atoms with Crippen LogP contribution in [0.4, 0.5) is 5.69 Å². The number of thioether (sulfide) groups is 1. The topological polar surface area (TPSA) is 104 Å². The van der Waals surface area contributed by atoms with Crippen LogP contribution in [0.1, 0.15) is 51.9 Å². The van der Waals surface area contributed by atoms with E-state index in [9.17, 15) is 14.4 Å². The summed E-state index contributed by atoms with van der Waals surface area (Å²) < 4.78 is 4.99. The van der Waals surface area contributed by atoms with Crippen molar-refractivity contribution in [2.75, 3.05) is 17.3 Å². The standard InChI is InChI=1S/C22H31N3O4S/c1-14(12-15-6-4-3-5-7-15)20(26)24-17(10-11-30-2)21(27)23-16-8-9-19-18(13-16)25-22(28)29-19/h8-9,13-15,17H,3-7,10-12H2,1-2H3,(H,23,27)(H,24,26)(H,25,28). The van der Waals surface area contributed by atoms with E-state index in [0.717, 1.165) is 12.2 Å². The predicted molar refractivity (Wildman–Crippen MR) is 121 cm³/mol. The molecule has 3 N–H and O–H groups in total. The van der Waals surface area contributed by atoms with Gasteiger partial charge in [-0.25, -0.2) is 4.79 Å². The first kappa shape index (κ1) is 22.5. The average Bonchev–Trinajstić information content (AvgIpc) is 3.10. The monoisotopic (exact) mass is 433 g/mol. The van der Waals surface area contributed by atoms with Gasteiger partial charge in [0.1, 0.15) is 6.04 Å². The minimum atomic E-state index is -0.599. The molecular formula is C22H31N3O4S. The molecule has 3 rings (SSSR count). The van der Waals surface area contributed by atoms with Crippen LogP contribution in [0.25, 0.3) is 11.1 Å². The van der Waals surface area contributed by atoms with Crippen LogP contribution in [0.2, 0.25) is 0 Å². The minimum absolute atomic E-state index is 0.0588. The van der Waals surface area contributed by atoms with Crippen LogP contribution in [0.5, 0.6) is 0 Å². The first-order chi connectivity index (χ1) is 14.5. The minimum Gasteiger partial charge on any atom is -0.408 e. The molecule has 2 aromatic rings. The summed E-state index contributed by atoms with van der Waals surface area (Å²) in [6, 6.07) is 4.36. The molecule has 1 aliphatic rings. The maximum atomic E-state index is 12.9. The highest BCUT2D eigenvalue weighted by atomic mass is 32.2. The molecule has 1 aromatic carbocycles. The summed E-state index contributed by atoms with van der Waals surface area (Å²) in [5.41, 5.74) is 1.49. The lowest BCUT2D eigenvalue weighted by Gasteiger charge is -2.25. The van der Waals surface area contributed by atoms with E-state index in [1.165, 1.54) is 32.1 Å². The van der Waals surface area contributed by atoms with Crippen LogP contribution in [0.15, 0.2) is 27.4 Å². The first-order valence-corrected chi connectivity index (χ1v) is 12.1. The molecule has 1 heterocycles. The van der Waals surface area contributed by atoms with Gasteiger partial charge in [0.15, 0.2) is 5.58 Å². The van der Waals surface area contributed by atoms with Crippen molar-refractivity contribution in [3.8, 4) is 0 Å². The molecule has 164 valence electrons. The molecule has 0 aliphatic heterocycles. The quantitative estimate of drug-likeness (QED) is 0.556. The fourth-order valence-corrected chi connectivity index (χ4v) is 4.58. The summed E-state index contributed by atoms with van der Waals surface area (Å²) in [4.78, 5) is 39.5. The molecule has 1 fully saturated rings. The normalized spacial score (nSPS) is 16.9. The summed E-state index contributed by atoms with van der Waals surface area (Å²) in [5.74, 6) is 0.421. The third-order valence-corrected chi connectivity index (χ3v) is 6.43. The molecule has 1 aliphatic carbocycles. The SMILES string of the molecule is CSCCC(NC(=O)C(C)CC1CCCCC1)C(=O)Nc1ccc2oc(=O)[nH]c2c1. The van der Waals surface area contributed by atoms with Crippen molar-refractivity contribution in [3.63, 3.8) is 0 Å². The second-order valence-electron chi connectivity index (χ2n) is 8.20. The van der Waals surface area contributed by atoms with E-state index in [1.807, 2.05) is 13.2 Å². The van der Waals surface area contributed by atoms with Crippen molar-refractivity contribution in [3.05, 3.63) is 28.7 Å². The van der Waals surface area contributed by atoms with Crippen LogP contribution in [-0.2, 0) is 9.59 Å². The highest BCUT2D eigenvalue weighted by Crippen LogP contribution is 2.29. The first-order valence-electron chi connectivity index (χ1n) is 10.7. The van der Waals surface area contributed by atoms with Crippen molar-refractivity contribution >= 4 is 40.4 Å². The Bertz CT molecular complexity index is 916. The molecule has 8 heteroatoms. The lowest BCUT2D eigenvalue weighted by molar-refractivity contribution is -0.129. The third-order valence-electron chi connectivity index (χ3n) is 5.79. The highest BCUT2D eigenvalue weighted by Gasteiger charge is 2.26. The third kappa shape index (κ3) is 6.14. The number of H-pyrrole nitrogens is 1. The molecular weight excluding hydrogens is 402 g/mol. The van der Waals surface area contributed by atoms with Crippen LogP contribution in [0, 0.1) is 11.8 Å². The zero-order chi connectivity index (χ0) is 21.5. The summed E-state index contributed by atoms with van der Waals surface area (Å²) in [6.07, 6.45) is 9.62. The van der Waals surface area contributed by atoms with Gasteiger partial charge >= 0.3 is 5.76 Å². The maximum absolute atomic E-state index is 12.9. The van der Waals surface area contributed by atoms with E-state index in [4.69, 9.17) is 4.42 Å². The van der Waals surface area contributed by atoms with Crippen molar-refractivity contribution in [2.24, 2.45) is 11.8 Å². The number of anilines is 1. The van der Waals surface area contributed by atoms with Crippen LogP contribution >= 0.6 is 11.8 Å². The number of rotatable bonds is 9. The number of nitrogens with one attached hydrogen (secondary N) is 3. The van der Waals surface area contributed by atoms with Gasteiger partial charge in [0.2, 0.25) is 11.8 Å². The number of carbonyl (C=O) groups excluding carboxylic acids is 2. The van der Waals surface area contributed by atoms with E-state index in [0.29, 0.717) is 29.1 Å². The highest BCUT2D eigenvalue weighted by molar-refractivity contribution is 7.98. The number of amides is 2. The van der Waals surface area contributed by atoms with E-state index in [-0.39, 0.29) is 17.7 Å². The Morgan fingerprint density at radius 3 is 2.73 bits per heavy atom. The number of carbonyl (C=O) groups is 2. The molecule has 0 spiro atoms. The molecule has 0 bridgehead atoms. The maximum Gasteiger partial charge on any atom is 0.417 e. The van der Waals surface area contributed by atoms with Gasteiger partial charge in [0, 0.05) is 11.6 Å². The summed E-state index contributed by atoms with van der Waals surface area (Å²) in [7, 11) is 0. The van der Waals surface area contributed by atoms with Gasteiger partial charge in [-0.3, -0.25) is 14.6 Å². The Labute approximate surface area is 180 Å². The van der Waals surface area contributed by atoms with Crippen molar-refractivity contribution in [1.29, 1.82) is 0 Å². The zero-order valence-corrected chi connectivity index (χ0v) is 18.5. The number of aromatic amines is 1. The number of hydrogen-bond acceptors (Lipinski definition) is 5. The van der Waals surface area contributed by atoms with Crippen LogP contribution < -0.4 is 16.4 Å². The Morgan fingerprint density at radius 1 is 1.23 bits per heavy atom. The molecule has 2 unspecified atom stereocenters. The summed E-state index contributed by atoms with van der Waals surface area (Å²) in [5, 5.41) is 5.81. The fourth-order valence-electron chi connectivity index (χ4n) is 4.11.